The zero-order chi connectivity index (χ0) is 8.10. The predicted octanol–water partition coefficient (Wildman–Crippen LogP) is 2.00. The third-order valence-electron chi connectivity index (χ3n) is 1.29. The van der Waals surface area contributed by atoms with Crippen molar-refractivity contribution < 1.29 is 4.39 Å². The summed E-state index contributed by atoms with van der Waals surface area (Å²) in [4.78, 5) is 0. The molecule has 0 aliphatic rings. The van der Waals surface area contributed by atoms with Crippen LogP contribution in [0.15, 0.2) is 24.3 Å². The second kappa shape index (κ2) is 4.18. The van der Waals surface area contributed by atoms with Gasteiger partial charge in [-0.15, -0.1) is 0 Å². The van der Waals surface area contributed by atoms with E-state index in [0.717, 1.165) is 5.69 Å². The van der Waals surface area contributed by atoms with Crippen LogP contribution in [-0.2, 0) is 4.39 Å². The number of hydrogen-bond donors (Lipinski definition) is 2. The number of anilines is 1. The molecule has 0 saturated carbocycles. The molecule has 0 radical (unpaired) electrons. The minimum absolute atomic E-state index is 0.899. The largest absolute Gasteiger partial charge is 0.297 e. The maximum atomic E-state index is 4.91. The summed E-state index contributed by atoms with van der Waals surface area (Å²) in [5.41, 5.74) is 7.13. The molecule has 0 aliphatic carbocycles. The van der Waals surface area contributed by atoms with Crippen LogP contribution in [0.3, 0.4) is 0 Å². The standard InChI is InChI=1S/C7H9ClN2O/c1-6-2-4-7(5-3-6)9-10-11-8/h2-5,9-10H,1H3. The normalized spacial score (nSPS) is 9.64. The average molecular weight is 173 g/mol. The van der Waals surface area contributed by atoms with Crippen molar-refractivity contribution in [1.29, 1.82) is 0 Å². The monoisotopic (exact) mass is 172 g/mol. The van der Waals surface area contributed by atoms with Gasteiger partial charge in [-0.2, -0.15) is 4.39 Å². The summed E-state index contributed by atoms with van der Waals surface area (Å²) >= 11 is 4.91. The lowest BCUT2D eigenvalue weighted by Gasteiger charge is -2.03. The molecule has 60 valence electrons. The van der Waals surface area contributed by atoms with E-state index in [1.54, 1.807) is 0 Å². The van der Waals surface area contributed by atoms with Crippen LogP contribution in [0.25, 0.3) is 0 Å². The van der Waals surface area contributed by atoms with E-state index < -0.39 is 0 Å². The molecule has 0 aliphatic heterocycles. The second-order valence-electron chi connectivity index (χ2n) is 2.17. The van der Waals surface area contributed by atoms with Gasteiger partial charge in [0.05, 0.1) is 17.6 Å². The Kier molecular flexibility index (Phi) is 3.16. The Morgan fingerprint density at radius 3 is 2.45 bits per heavy atom. The van der Waals surface area contributed by atoms with Crippen LogP contribution in [0.1, 0.15) is 5.56 Å². The quantitative estimate of drug-likeness (QED) is 0.685. The van der Waals surface area contributed by atoms with Crippen molar-refractivity contribution >= 4 is 17.6 Å². The van der Waals surface area contributed by atoms with Crippen molar-refractivity contribution in [2.75, 3.05) is 5.43 Å². The van der Waals surface area contributed by atoms with Gasteiger partial charge < -0.3 is 0 Å². The number of hydrogen-bond acceptors (Lipinski definition) is 3. The van der Waals surface area contributed by atoms with E-state index in [9.17, 15) is 0 Å². The highest BCUT2D eigenvalue weighted by atomic mass is 35.5. The molecule has 0 aromatic heterocycles. The van der Waals surface area contributed by atoms with Gasteiger partial charge in [0, 0.05) is 0 Å². The fourth-order valence-corrected chi connectivity index (χ4v) is 0.754. The van der Waals surface area contributed by atoms with Gasteiger partial charge in [-0.1, -0.05) is 23.3 Å². The van der Waals surface area contributed by atoms with Gasteiger partial charge in [0.2, 0.25) is 0 Å². The molecule has 2 N–H and O–H groups in total. The van der Waals surface area contributed by atoms with Crippen molar-refractivity contribution in [1.82, 2.24) is 5.59 Å². The van der Waals surface area contributed by atoms with Crippen LogP contribution in [0.2, 0.25) is 0 Å². The molecular formula is C7H9ClN2O. The number of halogens is 1. The lowest BCUT2D eigenvalue weighted by molar-refractivity contribution is 0.248. The molecule has 0 spiro atoms. The molecule has 0 amide bonds. The number of aryl methyl sites for hydroxylation is 1. The van der Waals surface area contributed by atoms with Crippen LogP contribution in [0.4, 0.5) is 5.69 Å². The van der Waals surface area contributed by atoms with Gasteiger partial charge in [-0.25, -0.2) is 0 Å². The Labute approximate surface area is 70.4 Å². The molecule has 0 unspecified atom stereocenters. The van der Waals surface area contributed by atoms with Crippen molar-refractivity contribution in [2.45, 2.75) is 6.92 Å². The van der Waals surface area contributed by atoms with Gasteiger partial charge in [0.15, 0.2) is 0 Å². The minimum atomic E-state index is 0.899. The fraction of sp³-hybridized carbons (Fsp3) is 0.143. The maximum Gasteiger partial charge on any atom is 0.0858 e. The van der Waals surface area contributed by atoms with E-state index in [1.807, 2.05) is 31.2 Å². The van der Waals surface area contributed by atoms with Gasteiger partial charge in [0.1, 0.15) is 0 Å². The molecule has 0 atom stereocenters. The summed E-state index contributed by atoms with van der Waals surface area (Å²) in [6, 6.07) is 7.80. The maximum absolute atomic E-state index is 4.91. The number of rotatable bonds is 3. The lowest BCUT2D eigenvalue weighted by atomic mass is 10.2. The van der Waals surface area contributed by atoms with Crippen LogP contribution in [0.5, 0.6) is 0 Å². The van der Waals surface area contributed by atoms with E-state index in [4.69, 9.17) is 11.9 Å². The van der Waals surface area contributed by atoms with Crippen LogP contribution >= 0.6 is 11.9 Å². The number of benzene rings is 1. The van der Waals surface area contributed by atoms with Gasteiger partial charge in [-0.05, 0) is 19.1 Å². The topological polar surface area (TPSA) is 33.3 Å². The zero-order valence-electron chi connectivity index (χ0n) is 6.10. The van der Waals surface area contributed by atoms with Crippen molar-refractivity contribution in [3.05, 3.63) is 29.8 Å². The minimum Gasteiger partial charge on any atom is -0.297 e. The van der Waals surface area contributed by atoms with E-state index in [-0.39, 0.29) is 0 Å². The molecule has 0 saturated heterocycles. The molecule has 4 heteroatoms. The molecule has 0 fully saturated rings. The fourth-order valence-electron chi connectivity index (χ4n) is 0.715. The van der Waals surface area contributed by atoms with Crippen molar-refractivity contribution in [2.24, 2.45) is 0 Å². The average Bonchev–Trinajstić information content (AvgIpc) is 2.04. The summed E-state index contributed by atoms with van der Waals surface area (Å²) in [6.07, 6.45) is 0. The van der Waals surface area contributed by atoms with Crippen LogP contribution < -0.4 is 11.0 Å². The molecule has 1 aromatic carbocycles. The van der Waals surface area contributed by atoms with Crippen LogP contribution in [0, 0.1) is 6.92 Å². The molecule has 0 heterocycles. The summed E-state index contributed by atoms with van der Waals surface area (Å²) in [7, 11) is 0. The van der Waals surface area contributed by atoms with E-state index >= 15 is 0 Å². The first-order chi connectivity index (χ1) is 5.33. The zero-order valence-corrected chi connectivity index (χ0v) is 6.85. The van der Waals surface area contributed by atoms with E-state index in [2.05, 4.69) is 15.4 Å². The highest BCUT2D eigenvalue weighted by Gasteiger charge is 1.87. The summed E-state index contributed by atoms with van der Waals surface area (Å²) in [6.45, 7) is 2.02. The highest BCUT2D eigenvalue weighted by Crippen LogP contribution is 2.06. The third-order valence-corrected chi connectivity index (χ3v) is 1.36. The number of nitrogens with one attached hydrogen (secondary N) is 2. The molecule has 11 heavy (non-hydrogen) atoms. The van der Waals surface area contributed by atoms with E-state index in [0.29, 0.717) is 0 Å². The summed E-state index contributed by atoms with van der Waals surface area (Å²) in [5, 5.41) is 0. The Balaban J connectivity index is 2.52. The first kappa shape index (κ1) is 8.33. The van der Waals surface area contributed by atoms with Crippen molar-refractivity contribution in [3.8, 4) is 0 Å². The third kappa shape index (κ3) is 2.76. The Morgan fingerprint density at radius 1 is 1.27 bits per heavy atom. The van der Waals surface area contributed by atoms with Crippen molar-refractivity contribution in [3.63, 3.8) is 0 Å². The predicted molar refractivity (Wildman–Crippen MR) is 44.9 cm³/mol. The molecule has 1 rings (SSSR count). The first-order valence-corrected chi connectivity index (χ1v) is 3.49. The van der Waals surface area contributed by atoms with Gasteiger partial charge >= 0.3 is 0 Å². The molecule has 0 bridgehead atoms. The van der Waals surface area contributed by atoms with Gasteiger partial charge in [0.25, 0.3) is 0 Å². The number of hydrazine groups is 1. The summed E-state index contributed by atoms with van der Waals surface area (Å²) in [5.74, 6) is 0. The molecule has 3 nitrogen and oxygen atoms in total. The molecule has 1 aromatic rings. The summed E-state index contributed by atoms with van der Waals surface area (Å²) < 4.78 is 4.09. The second-order valence-corrected chi connectivity index (χ2v) is 2.32. The highest BCUT2D eigenvalue weighted by molar-refractivity contribution is 6.07. The molecular weight excluding hydrogens is 164 g/mol. The smallest absolute Gasteiger partial charge is 0.0858 e. The Bertz CT molecular complexity index is 212. The van der Waals surface area contributed by atoms with E-state index in [1.165, 1.54) is 5.56 Å². The Hall–Kier alpha value is -0.770. The van der Waals surface area contributed by atoms with Gasteiger partial charge in [-0.3, -0.25) is 5.43 Å². The lowest BCUT2D eigenvalue weighted by Crippen LogP contribution is -2.17. The first-order valence-electron chi connectivity index (χ1n) is 3.18. The van der Waals surface area contributed by atoms with Crippen LogP contribution in [-0.4, -0.2) is 0 Å². The SMILES string of the molecule is Cc1ccc(NNOCl)cc1. The Morgan fingerprint density at radius 2 is 1.91 bits per heavy atom.